The van der Waals surface area contributed by atoms with E-state index in [9.17, 15) is 5.11 Å². The van der Waals surface area contributed by atoms with Crippen molar-refractivity contribution in [3.63, 3.8) is 0 Å². The van der Waals surface area contributed by atoms with Crippen LogP contribution in [0, 0.1) is 10.5 Å². The van der Waals surface area contributed by atoms with Gasteiger partial charge < -0.3 is 5.11 Å². The molecule has 1 unspecified atom stereocenters. The molecule has 0 aliphatic carbocycles. The van der Waals surface area contributed by atoms with Crippen LogP contribution in [0.25, 0.3) is 0 Å². The molecule has 88 valence electrons. The highest BCUT2D eigenvalue weighted by Crippen LogP contribution is 2.28. The van der Waals surface area contributed by atoms with Crippen molar-refractivity contribution in [2.75, 3.05) is 0 Å². The predicted octanol–water partition coefficient (Wildman–Crippen LogP) is 4.33. The lowest BCUT2D eigenvalue weighted by Gasteiger charge is -2.14. The molecule has 2 rings (SSSR count). The normalized spacial score (nSPS) is 12.5. The minimum absolute atomic E-state index is 0.625. The molecule has 0 spiro atoms. The standard InChI is InChI=1S/C14H12ClIO/c1-9-3-2-4-10(7-9)14(17)12-8-11(15)5-6-13(12)16/h2-8,14,17H,1H3. The molecule has 0 bridgehead atoms. The van der Waals surface area contributed by atoms with Gasteiger partial charge in [0.1, 0.15) is 6.10 Å². The van der Waals surface area contributed by atoms with E-state index in [4.69, 9.17) is 11.6 Å². The van der Waals surface area contributed by atoms with Gasteiger partial charge in [-0.15, -0.1) is 0 Å². The van der Waals surface area contributed by atoms with Crippen LogP contribution in [0.3, 0.4) is 0 Å². The van der Waals surface area contributed by atoms with Crippen LogP contribution in [-0.4, -0.2) is 5.11 Å². The summed E-state index contributed by atoms with van der Waals surface area (Å²) in [7, 11) is 0. The van der Waals surface area contributed by atoms with Crippen molar-refractivity contribution in [2.24, 2.45) is 0 Å². The van der Waals surface area contributed by atoms with E-state index in [2.05, 4.69) is 22.6 Å². The molecule has 2 aromatic carbocycles. The Hall–Kier alpha value is -0.580. The van der Waals surface area contributed by atoms with Gasteiger partial charge in [-0.05, 0) is 58.8 Å². The molecule has 0 aliphatic heterocycles. The third kappa shape index (κ3) is 3.00. The lowest BCUT2D eigenvalue weighted by atomic mass is 10.0. The number of aliphatic hydroxyl groups is 1. The van der Waals surface area contributed by atoms with Gasteiger partial charge in [-0.2, -0.15) is 0 Å². The largest absolute Gasteiger partial charge is 0.384 e. The second kappa shape index (κ2) is 5.38. The van der Waals surface area contributed by atoms with Crippen molar-refractivity contribution in [2.45, 2.75) is 13.0 Å². The van der Waals surface area contributed by atoms with E-state index in [0.717, 1.165) is 20.3 Å². The molecular formula is C14H12ClIO. The van der Waals surface area contributed by atoms with E-state index < -0.39 is 6.10 Å². The van der Waals surface area contributed by atoms with Gasteiger partial charge in [-0.25, -0.2) is 0 Å². The van der Waals surface area contributed by atoms with Crippen molar-refractivity contribution in [1.29, 1.82) is 0 Å². The molecule has 0 saturated heterocycles. The van der Waals surface area contributed by atoms with Crippen molar-refractivity contribution < 1.29 is 5.11 Å². The first-order chi connectivity index (χ1) is 8.08. The van der Waals surface area contributed by atoms with E-state index in [1.807, 2.05) is 49.4 Å². The first kappa shape index (κ1) is 12.9. The van der Waals surface area contributed by atoms with Crippen molar-refractivity contribution in [3.05, 3.63) is 67.7 Å². The maximum atomic E-state index is 10.4. The molecule has 17 heavy (non-hydrogen) atoms. The molecule has 1 N–H and O–H groups in total. The summed E-state index contributed by atoms with van der Waals surface area (Å²) < 4.78 is 1.01. The predicted molar refractivity (Wildman–Crippen MR) is 79.4 cm³/mol. The Kier molecular flexibility index (Phi) is 4.07. The van der Waals surface area contributed by atoms with Crippen LogP contribution in [0.15, 0.2) is 42.5 Å². The molecule has 0 radical (unpaired) electrons. The van der Waals surface area contributed by atoms with Crippen LogP contribution < -0.4 is 0 Å². The molecule has 3 heteroatoms. The smallest absolute Gasteiger partial charge is 0.105 e. The number of benzene rings is 2. The van der Waals surface area contributed by atoms with Crippen LogP contribution in [0.2, 0.25) is 5.02 Å². The van der Waals surface area contributed by atoms with Gasteiger partial charge in [0.05, 0.1) is 0 Å². The molecule has 0 fully saturated rings. The summed E-state index contributed by atoms with van der Waals surface area (Å²) in [4.78, 5) is 0. The van der Waals surface area contributed by atoms with Crippen LogP contribution >= 0.6 is 34.2 Å². The second-order valence-electron chi connectivity index (χ2n) is 3.98. The summed E-state index contributed by atoms with van der Waals surface area (Å²) >= 11 is 8.17. The number of aliphatic hydroxyl groups excluding tert-OH is 1. The zero-order valence-electron chi connectivity index (χ0n) is 9.32. The fraction of sp³-hybridized carbons (Fsp3) is 0.143. The summed E-state index contributed by atoms with van der Waals surface area (Å²) in [5, 5.41) is 11.0. The van der Waals surface area contributed by atoms with Crippen LogP contribution in [0.4, 0.5) is 0 Å². The van der Waals surface area contributed by atoms with Gasteiger partial charge in [0, 0.05) is 8.59 Å². The summed E-state index contributed by atoms with van der Waals surface area (Å²) in [6.45, 7) is 2.01. The topological polar surface area (TPSA) is 20.2 Å². The first-order valence-corrected chi connectivity index (χ1v) is 6.73. The lowest BCUT2D eigenvalue weighted by molar-refractivity contribution is 0.219. The lowest BCUT2D eigenvalue weighted by Crippen LogP contribution is -2.02. The Morgan fingerprint density at radius 3 is 2.65 bits per heavy atom. The Labute approximate surface area is 120 Å². The number of halogens is 2. The highest BCUT2D eigenvalue weighted by Gasteiger charge is 2.14. The number of rotatable bonds is 2. The molecule has 0 aliphatic rings. The zero-order valence-corrected chi connectivity index (χ0v) is 12.2. The molecule has 0 aromatic heterocycles. The van der Waals surface area contributed by atoms with Crippen molar-refractivity contribution in [3.8, 4) is 0 Å². The summed E-state index contributed by atoms with van der Waals surface area (Å²) in [5.74, 6) is 0. The number of hydrogen-bond acceptors (Lipinski definition) is 1. The number of aryl methyl sites for hydroxylation is 1. The van der Waals surface area contributed by atoms with Crippen LogP contribution in [-0.2, 0) is 0 Å². The Morgan fingerprint density at radius 2 is 1.94 bits per heavy atom. The van der Waals surface area contributed by atoms with Gasteiger partial charge in [0.25, 0.3) is 0 Å². The van der Waals surface area contributed by atoms with Gasteiger partial charge in [-0.1, -0.05) is 41.4 Å². The quantitative estimate of drug-likeness (QED) is 0.792. The average molecular weight is 359 g/mol. The molecule has 0 saturated carbocycles. The molecule has 0 heterocycles. The molecule has 0 amide bonds. The summed E-state index contributed by atoms with van der Waals surface area (Å²) in [5.41, 5.74) is 2.88. The maximum absolute atomic E-state index is 10.4. The Morgan fingerprint density at radius 1 is 1.18 bits per heavy atom. The minimum Gasteiger partial charge on any atom is -0.384 e. The highest BCUT2D eigenvalue weighted by molar-refractivity contribution is 14.1. The van der Waals surface area contributed by atoms with Gasteiger partial charge >= 0.3 is 0 Å². The molecule has 2 aromatic rings. The second-order valence-corrected chi connectivity index (χ2v) is 5.58. The average Bonchev–Trinajstić information content (AvgIpc) is 2.31. The summed E-state index contributed by atoms with van der Waals surface area (Å²) in [6, 6.07) is 13.4. The van der Waals surface area contributed by atoms with Crippen molar-refractivity contribution >= 4 is 34.2 Å². The number of hydrogen-bond donors (Lipinski definition) is 1. The third-order valence-electron chi connectivity index (χ3n) is 2.61. The SMILES string of the molecule is Cc1cccc(C(O)c2cc(Cl)ccc2I)c1. The van der Waals surface area contributed by atoms with E-state index >= 15 is 0 Å². The third-order valence-corrected chi connectivity index (χ3v) is 3.83. The fourth-order valence-corrected chi connectivity index (χ4v) is 2.55. The summed E-state index contributed by atoms with van der Waals surface area (Å²) in [6.07, 6.45) is -0.625. The minimum atomic E-state index is -0.625. The molecule has 1 nitrogen and oxygen atoms in total. The fourth-order valence-electron chi connectivity index (χ4n) is 1.74. The first-order valence-electron chi connectivity index (χ1n) is 5.27. The molecular weight excluding hydrogens is 347 g/mol. The van der Waals surface area contributed by atoms with Crippen LogP contribution in [0.5, 0.6) is 0 Å². The van der Waals surface area contributed by atoms with E-state index in [1.165, 1.54) is 0 Å². The zero-order chi connectivity index (χ0) is 12.4. The van der Waals surface area contributed by atoms with E-state index in [0.29, 0.717) is 5.02 Å². The van der Waals surface area contributed by atoms with Gasteiger partial charge in [0.15, 0.2) is 0 Å². The van der Waals surface area contributed by atoms with E-state index in [1.54, 1.807) is 0 Å². The monoisotopic (exact) mass is 358 g/mol. The highest BCUT2D eigenvalue weighted by atomic mass is 127. The van der Waals surface area contributed by atoms with Crippen molar-refractivity contribution in [1.82, 2.24) is 0 Å². The molecule has 1 atom stereocenters. The Balaban J connectivity index is 2.43. The Bertz CT molecular complexity index is 539. The van der Waals surface area contributed by atoms with Crippen LogP contribution in [0.1, 0.15) is 22.8 Å². The van der Waals surface area contributed by atoms with Gasteiger partial charge in [0.2, 0.25) is 0 Å². The van der Waals surface area contributed by atoms with Gasteiger partial charge in [-0.3, -0.25) is 0 Å². The maximum Gasteiger partial charge on any atom is 0.105 e. The van der Waals surface area contributed by atoms with E-state index in [-0.39, 0.29) is 0 Å².